The van der Waals surface area contributed by atoms with E-state index in [0.717, 1.165) is 5.56 Å². The topological polar surface area (TPSA) is 69.0 Å². The minimum Gasteiger partial charge on any atom is -0.482 e. The van der Waals surface area contributed by atoms with Crippen molar-refractivity contribution in [1.82, 2.24) is 20.3 Å². The first-order valence-corrected chi connectivity index (χ1v) is 8.63. The van der Waals surface area contributed by atoms with Crippen LogP contribution < -0.4 is 10.1 Å². The van der Waals surface area contributed by atoms with E-state index in [1.165, 1.54) is 4.80 Å². The number of halogens is 2. The Morgan fingerprint density at radius 2 is 1.85 bits per heavy atom. The summed E-state index contributed by atoms with van der Waals surface area (Å²) >= 11 is 11.9. The average molecular weight is 391 g/mol. The number of carbonyl (C=O) groups is 1. The second-order valence-electron chi connectivity index (χ2n) is 5.48. The molecule has 6 nitrogen and oxygen atoms in total. The first kappa shape index (κ1) is 18.2. The van der Waals surface area contributed by atoms with E-state index in [0.29, 0.717) is 22.3 Å². The highest BCUT2D eigenvalue weighted by Gasteiger charge is 2.17. The van der Waals surface area contributed by atoms with E-state index >= 15 is 0 Å². The van der Waals surface area contributed by atoms with Gasteiger partial charge in [-0.3, -0.25) is 4.79 Å². The van der Waals surface area contributed by atoms with Crippen molar-refractivity contribution in [3.05, 3.63) is 76.5 Å². The van der Waals surface area contributed by atoms with Gasteiger partial charge in [0.2, 0.25) is 0 Å². The Morgan fingerprint density at radius 3 is 2.54 bits per heavy atom. The van der Waals surface area contributed by atoms with Crippen LogP contribution in [0.5, 0.6) is 5.75 Å². The fraction of sp³-hybridized carbons (Fsp3) is 0.167. The Labute approximate surface area is 160 Å². The third-order valence-corrected chi connectivity index (χ3v) is 4.13. The molecule has 1 atom stereocenters. The summed E-state index contributed by atoms with van der Waals surface area (Å²) in [6.45, 7) is 0.238. The van der Waals surface area contributed by atoms with Gasteiger partial charge in [0.1, 0.15) is 5.75 Å². The summed E-state index contributed by atoms with van der Waals surface area (Å²) in [7, 11) is 0. The van der Waals surface area contributed by atoms with Crippen LogP contribution in [0.1, 0.15) is 11.6 Å². The zero-order valence-corrected chi connectivity index (χ0v) is 15.2. The highest BCUT2D eigenvalue weighted by Crippen LogP contribution is 2.27. The summed E-state index contributed by atoms with van der Waals surface area (Å²) in [5.41, 5.74) is 0.947. The maximum absolute atomic E-state index is 12.4. The number of nitrogens with zero attached hydrogens (tertiary/aromatic N) is 3. The molecule has 0 aliphatic rings. The molecule has 0 aliphatic heterocycles. The lowest BCUT2D eigenvalue weighted by molar-refractivity contribution is -0.124. The highest BCUT2D eigenvalue weighted by atomic mass is 35.5. The van der Waals surface area contributed by atoms with Gasteiger partial charge in [0.05, 0.1) is 30.0 Å². The van der Waals surface area contributed by atoms with Gasteiger partial charge >= 0.3 is 0 Å². The predicted octanol–water partition coefficient (Wildman–Crippen LogP) is 3.52. The lowest BCUT2D eigenvalue weighted by Gasteiger charge is -2.19. The van der Waals surface area contributed by atoms with Gasteiger partial charge in [0, 0.05) is 5.02 Å². The zero-order valence-electron chi connectivity index (χ0n) is 13.7. The van der Waals surface area contributed by atoms with E-state index in [1.807, 2.05) is 30.3 Å². The van der Waals surface area contributed by atoms with Crippen LogP contribution in [0.4, 0.5) is 0 Å². The van der Waals surface area contributed by atoms with Gasteiger partial charge in [-0.05, 0) is 23.8 Å². The predicted molar refractivity (Wildman–Crippen MR) is 99.3 cm³/mol. The molecule has 1 N–H and O–H groups in total. The number of hydrogen-bond acceptors (Lipinski definition) is 4. The Hall–Kier alpha value is -2.57. The van der Waals surface area contributed by atoms with Crippen molar-refractivity contribution in [3.63, 3.8) is 0 Å². The molecular weight excluding hydrogens is 375 g/mol. The Bertz CT molecular complexity index is 857. The van der Waals surface area contributed by atoms with Crippen molar-refractivity contribution >= 4 is 29.1 Å². The van der Waals surface area contributed by atoms with Gasteiger partial charge in [-0.25, -0.2) is 0 Å². The van der Waals surface area contributed by atoms with Crippen LogP contribution in [0.2, 0.25) is 10.0 Å². The Kier molecular flexibility index (Phi) is 6.09. The molecule has 8 heteroatoms. The van der Waals surface area contributed by atoms with Crippen molar-refractivity contribution in [2.24, 2.45) is 0 Å². The number of carbonyl (C=O) groups excluding carboxylic acids is 1. The molecule has 0 bridgehead atoms. The third kappa shape index (κ3) is 4.97. The zero-order chi connectivity index (χ0) is 18.4. The van der Waals surface area contributed by atoms with Gasteiger partial charge in [0.15, 0.2) is 6.61 Å². The smallest absolute Gasteiger partial charge is 0.258 e. The molecule has 3 rings (SSSR count). The maximum Gasteiger partial charge on any atom is 0.258 e. The quantitative estimate of drug-likeness (QED) is 0.669. The van der Waals surface area contributed by atoms with Gasteiger partial charge in [0.25, 0.3) is 5.91 Å². The summed E-state index contributed by atoms with van der Waals surface area (Å²) in [5.74, 6) is 0.119. The first-order valence-electron chi connectivity index (χ1n) is 7.88. The molecule has 1 heterocycles. The van der Waals surface area contributed by atoms with Crippen LogP contribution in [0.3, 0.4) is 0 Å². The number of aromatic nitrogens is 3. The van der Waals surface area contributed by atoms with Crippen LogP contribution in [0.15, 0.2) is 60.9 Å². The lowest BCUT2D eigenvalue weighted by Crippen LogP contribution is -2.35. The second kappa shape index (κ2) is 8.69. The van der Waals surface area contributed by atoms with E-state index < -0.39 is 0 Å². The van der Waals surface area contributed by atoms with Crippen LogP contribution in [0, 0.1) is 0 Å². The normalized spacial score (nSPS) is 11.8. The molecular formula is C18H16Cl2N4O2. The number of nitrogens with one attached hydrogen (secondary N) is 1. The van der Waals surface area contributed by atoms with Crippen LogP contribution in [0.25, 0.3) is 0 Å². The van der Waals surface area contributed by atoms with E-state index in [4.69, 9.17) is 27.9 Å². The average Bonchev–Trinajstić information content (AvgIpc) is 3.14. The van der Waals surface area contributed by atoms with Gasteiger partial charge in [-0.2, -0.15) is 15.0 Å². The number of amides is 1. The molecule has 0 aliphatic carbocycles. The maximum atomic E-state index is 12.4. The number of ether oxygens (including phenoxy) is 1. The number of rotatable bonds is 7. The highest BCUT2D eigenvalue weighted by molar-refractivity contribution is 6.35. The molecule has 2 aromatic carbocycles. The first-order chi connectivity index (χ1) is 12.6. The molecule has 0 unspecified atom stereocenters. The van der Waals surface area contributed by atoms with Crippen molar-refractivity contribution in [1.29, 1.82) is 0 Å². The monoisotopic (exact) mass is 390 g/mol. The summed E-state index contributed by atoms with van der Waals surface area (Å²) in [5, 5.41) is 12.0. The minimum atomic E-state index is -0.291. The summed E-state index contributed by atoms with van der Waals surface area (Å²) in [6.07, 6.45) is 3.19. The number of benzene rings is 2. The molecule has 0 radical (unpaired) electrons. The lowest BCUT2D eigenvalue weighted by atomic mass is 10.1. The summed E-state index contributed by atoms with van der Waals surface area (Å²) < 4.78 is 5.48. The molecule has 26 heavy (non-hydrogen) atoms. The van der Waals surface area contributed by atoms with Crippen LogP contribution >= 0.6 is 23.2 Å². The third-order valence-electron chi connectivity index (χ3n) is 3.60. The fourth-order valence-corrected chi connectivity index (χ4v) is 2.86. The van der Waals surface area contributed by atoms with Crippen LogP contribution in [-0.4, -0.2) is 27.5 Å². The van der Waals surface area contributed by atoms with Gasteiger partial charge in [-0.15, -0.1) is 0 Å². The molecule has 134 valence electrons. The minimum absolute atomic E-state index is 0.169. The van der Waals surface area contributed by atoms with Gasteiger partial charge < -0.3 is 10.1 Å². The molecule has 1 amide bonds. The molecule has 0 saturated heterocycles. The van der Waals surface area contributed by atoms with Crippen molar-refractivity contribution in [2.45, 2.75) is 12.6 Å². The summed E-state index contributed by atoms with van der Waals surface area (Å²) in [4.78, 5) is 13.9. The van der Waals surface area contributed by atoms with E-state index in [-0.39, 0.29) is 18.6 Å². The standard InChI is InChI=1S/C18H16Cl2N4O2/c19-14-6-7-17(15(20)10-14)26-12-18(25)23-16(11-24-21-8-9-22-24)13-4-2-1-3-5-13/h1-10,16H,11-12H2,(H,23,25)/t16-/m0/s1. The Morgan fingerprint density at radius 1 is 1.12 bits per heavy atom. The van der Waals surface area contributed by atoms with Crippen LogP contribution in [-0.2, 0) is 11.3 Å². The number of hydrogen-bond donors (Lipinski definition) is 1. The molecule has 1 aromatic heterocycles. The largest absolute Gasteiger partial charge is 0.482 e. The molecule has 3 aromatic rings. The molecule has 0 fully saturated rings. The van der Waals surface area contributed by atoms with E-state index in [2.05, 4.69) is 15.5 Å². The molecule has 0 saturated carbocycles. The fourth-order valence-electron chi connectivity index (χ4n) is 2.39. The SMILES string of the molecule is O=C(COc1ccc(Cl)cc1Cl)N[C@@H](Cn1nccn1)c1ccccc1. The van der Waals surface area contributed by atoms with E-state index in [9.17, 15) is 4.79 Å². The second-order valence-corrected chi connectivity index (χ2v) is 6.32. The van der Waals surface area contributed by atoms with Gasteiger partial charge in [-0.1, -0.05) is 53.5 Å². The van der Waals surface area contributed by atoms with Crippen molar-refractivity contribution in [3.8, 4) is 5.75 Å². The molecule has 0 spiro atoms. The summed E-state index contributed by atoms with van der Waals surface area (Å²) in [6, 6.07) is 14.2. The Balaban J connectivity index is 1.65. The van der Waals surface area contributed by atoms with E-state index in [1.54, 1.807) is 30.6 Å². The van der Waals surface area contributed by atoms with Crippen molar-refractivity contribution < 1.29 is 9.53 Å². The van der Waals surface area contributed by atoms with Crippen molar-refractivity contribution in [2.75, 3.05) is 6.61 Å².